The van der Waals surface area contributed by atoms with Crippen LogP contribution >= 0.6 is 11.8 Å². The van der Waals surface area contributed by atoms with Gasteiger partial charge in [-0.15, -0.1) is 11.8 Å². The molecule has 0 aromatic heterocycles. The molecule has 0 radical (unpaired) electrons. The Kier molecular flexibility index (Phi) is 6.57. The van der Waals surface area contributed by atoms with Gasteiger partial charge in [0.05, 0.1) is 0 Å². The van der Waals surface area contributed by atoms with Gasteiger partial charge in [0.2, 0.25) is 0 Å². The molecule has 2 aliphatic heterocycles. The largest absolute Gasteiger partial charge is 0.365 e. The third-order valence-corrected chi connectivity index (χ3v) is 7.57. The number of thioether (sulfide) groups is 1. The summed E-state index contributed by atoms with van der Waals surface area (Å²) >= 11 is 1.82. The number of hydrogen-bond donors (Lipinski definition) is 0. The fraction of sp³-hybridized carbons (Fsp3) is 0.310. The van der Waals surface area contributed by atoms with E-state index in [1.165, 1.54) is 52.0 Å². The van der Waals surface area contributed by atoms with Gasteiger partial charge < -0.3 is 4.90 Å². The average molecular weight is 428 g/mol. The fourth-order valence-corrected chi connectivity index (χ4v) is 5.57. The van der Waals surface area contributed by atoms with Crippen LogP contribution in [0, 0.1) is 6.92 Å². The number of allylic oxidation sites excluding steroid dienone is 4. The maximum Gasteiger partial charge on any atom is 0.0476 e. The number of fused-ring (bicyclic) bond motifs is 1. The molecule has 4 rings (SSSR count). The minimum Gasteiger partial charge on any atom is -0.365 e. The van der Waals surface area contributed by atoms with Crippen LogP contribution in [-0.4, -0.2) is 23.7 Å². The SMILES string of the molecule is C=C1/C=C\C2CCCCN2C(=C)/C(C(c2ccc(C)cc2)c2ccccc2SC)=C/1C. The van der Waals surface area contributed by atoms with Crippen molar-refractivity contribution in [2.45, 2.75) is 50.0 Å². The molecular formula is C29H33NS. The zero-order chi connectivity index (χ0) is 22.0. The van der Waals surface area contributed by atoms with Crippen LogP contribution in [0.25, 0.3) is 0 Å². The van der Waals surface area contributed by atoms with Gasteiger partial charge in [-0.1, -0.05) is 73.3 Å². The summed E-state index contributed by atoms with van der Waals surface area (Å²) in [6.07, 6.45) is 10.4. The summed E-state index contributed by atoms with van der Waals surface area (Å²) in [5, 5.41) is 0. The second-order valence-corrected chi connectivity index (χ2v) is 9.56. The third-order valence-electron chi connectivity index (χ3n) is 6.76. The number of nitrogens with zero attached hydrogens (tertiary/aromatic N) is 1. The molecule has 2 heterocycles. The van der Waals surface area contributed by atoms with Crippen LogP contribution in [0.15, 0.2) is 101 Å². The van der Waals surface area contributed by atoms with Crippen molar-refractivity contribution in [2.75, 3.05) is 12.8 Å². The van der Waals surface area contributed by atoms with Crippen molar-refractivity contribution in [1.29, 1.82) is 0 Å². The molecule has 2 heteroatoms. The second-order valence-electron chi connectivity index (χ2n) is 8.71. The van der Waals surface area contributed by atoms with E-state index in [-0.39, 0.29) is 5.92 Å². The molecule has 0 amide bonds. The lowest BCUT2D eigenvalue weighted by atomic mass is 9.78. The molecule has 2 atom stereocenters. The highest BCUT2D eigenvalue weighted by Crippen LogP contribution is 2.44. The monoisotopic (exact) mass is 427 g/mol. The van der Waals surface area contributed by atoms with E-state index in [2.05, 4.69) is 92.3 Å². The minimum atomic E-state index is 0.127. The maximum atomic E-state index is 4.70. The number of aryl methyl sites for hydroxylation is 1. The fourth-order valence-electron chi connectivity index (χ4n) is 4.94. The van der Waals surface area contributed by atoms with Gasteiger partial charge in [0.1, 0.15) is 0 Å². The van der Waals surface area contributed by atoms with Crippen molar-refractivity contribution in [3.05, 3.63) is 113 Å². The Balaban J connectivity index is 1.95. The Labute approximate surface area is 192 Å². The lowest BCUT2D eigenvalue weighted by Gasteiger charge is -2.41. The van der Waals surface area contributed by atoms with Crippen LogP contribution in [0.3, 0.4) is 0 Å². The second kappa shape index (κ2) is 9.36. The summed E-state index contributed by atoms with van der Waals surface area (Å²) in [5.41, 5.74) is 8.76. The molecule has 0 N–H and O–H groups in total. The molecule has 0 bridgehead atoms. The van der Waals surface area contributed by atoms with Crippen LogP contribution in [0.2, 0.25) is 0 Å². The Bertz CT molecular complexity index is 1040. The van der Waals surface area contributed by atoms with Gasteiger partial charge in [0.15, 0.2) is 0 Å². The molecular weight excluding hydrogens is 394 g/mol. The predicted molar refractivity (Wildman–Crippen MR) is 136 cm³/mol. The molecule has 1 fully saturated rings. The Hall–Kier alpha value is -2.45. The van der Waals surface area contributed by atoms with Crippen LogP contribution < -0.4 is 0 Å². The molecule has 0 aliphatic carbocycles. The topological polar surface area (TPSA) is 3.24 Å². The van der Waals surface area contributed by atoms with Gasteiger partial charge in [0, 0.05) is 29.1 Å². The van der Waals surface area contributed by atoms with Crippen LogP contribution in [-0.2, 0) is 0 Å². The standard InChI is InChI=1S/C29H33NS/c1-20-13-16-24(17-14-20)29(26-11-6-7-12-27(26)31-5)28-22(3)21(2)15-18-25-10-8-9-19-30(25)23(28)4/h6-7,11-18,25,29H,2,4,8-10,19H2,1,3,5H3/b18-15-,28-22-. The van der Waals surface area contributed by atoms with Gasteiger partial charge in [-0.05, 0) is 73.3 Å². The summed E-state index contributed by atoms with van der Waals surface area (Å²) in [6, 6.07) is 18.3. The molecule has 1 saturated heterocycles. The zero-order valence-electron chi connectivity index (χ0n) is 19.0. The number of hydrogen-bond acceptors (Lipinski definition) is 2. The molecule has 0 saturated carbocycles. The van der Waals surface area contributed by atoms with E-state index in [1.54, 1.807) is 0 Å². The summed E-state index contributed by atoms with van der Waals surface area (Å²) < 4.78 is 0. The number of benzene rings is 2. The molecule has 1 nitrogen and oxygen atoms in total. The summed E-state index contributed by atoms with van der Waals surface area (Å²) in [5.74, 6) is 0.127. The first-order valence-corrected chi connectivity index (χ1v) is 12.5. The quantitative estimate of drug-likeness (QED) is 0.461. The van der Waals surface area contributed by atoms with E-state index in [0.717, 1.165) is 17.8 Å². The lowest BCUT2D eigenvalue weighted by molar-refractivity contribution is 0.233. The zero-order valence-corrected chi connectivity index (χ0v) is 19.8. The third kappa shape index (κ3) is 4.32. The van der Waals surface area contributed by atoms with Gasteiger partial charge in [-0.3, -0.25) is 0 Å². The first kappa shape index (κ1) is 21.8. The van der Waals surface area contributed by atoms with Gasteiger partial charge in [0.25, 0.3) is 0 Å². The van der Waals surface area contributed by atoms with Crippen molar-refractivity contribution >= 4 is 11.8 Å². The number of piperidine rings is 1. The molecule has 2 aliphatic rings. The highest BCUT2D eigenvalue weighted by atomic mass is 32.2. The predicted octanol–water partition coefficient (Wildman–Crippen LogP) is 7.66. The van der Waals surface area contributed by atoms with Crippen molar-refractivity contribution in [2.24, 2.45) is 0 Å². The molecule has 2 aromatic carbocycles. The molecule has 2 aromatic rings. The molecule has 0 spiro atoms. The van der Waals surface area contributed by atoms with Gasteiger partial charge >= 0.3 is 0 Å². The van der Waals surface area contributed by atoms with E-state index >= 15 is 0 Å². The first-order valence-electron chi connectivity index (χ1n) is 11.2. The van der Waals surface area contributed by atoms with E-state index in [4.69, 9.17) is 6.58 Å². The van der Waals surface area contributed by atoms with Gasteiger partial charge in [-0.2, -0.15) is 0 Å². The van der Waals surface area contributed by atoms with Crippen LogP contribution in [0.4, 0.5) is 0 Å². The lowest BCUT2D eigenvalue weighted by Crippen LogP contribution is -2.39. The van der Waals surface area contributed by atoms with E-state index in [9.17, 15) is 0 Å². The smallest absolute Gasteiger partial charge is 0.0476 e. The number of rotatable bonds is 4. The Morgan fingerprint density at radius 1 is 1.00 bits per heavy atom. The molecule has 31 heavy (non-hydrogen) atoms. The maximum absolute atomic E-state index is 4.70. The van der Waals surface area contributed by atoms with E-state index < -0.39 is 0 Å². The van der Waals surface area contributed by atoms with Crippen molar-refractivity contribution < 1.29 is 0 Å². The van der Waals surface area contributed by atoms with Crippen LogP contribution in [0.5, 0.6) is 0 Å². The highest BCUT2D eigenvalue weighted by molar-refractivity contribution is 7.98. The molecule has 160 valence electrons. The Morgan fingerprint density at radius 2 is 1.74 bits per heavy atom. The summed E-state index contributed by atoms with van der Waals surface area (Å²) in [4.78, 5) is 3.85. The van der Waals surface area contributed by atoms with E-state index in [0.29, 0.717) is 6.04 Å². The van der Waals surface area contributed by atoms with E-state index in [1.807, 2.05) is 11.8 Å². The first-order chi connectivity index (χ1) is 15.0. The highest BCUT2D eigenvalue weighted by Gasteiger charge is 2.32. The average Bonchev–Trinajstić information content (AvgIpc) is 2.80. The summed E-state index contributed by atoms with van der Waals surface area (Å²) in [6.45, 7) is 14.6. The normalized spacial score (nSPS) is 23.7. The van der Waals surface area contributed by atoms with Crippen molar-refractivity contribution in [1.82, 2.24) is 4.90 Å². The van der Waals surface area contributed by atoms with Gasteiger partial charge in [-0.25, -0.2) is 0 Å². The van der Waals surface area contributed by atoms with Crippen LogP contribution in [0.1, 0.15) is 48.8 Å². The minimum absolute atomic E-state index is 0.127. The summed E-state index contributed by atoms with van der Waals surface area (Å²) in [7, 11) is 0. The van der Waals surface area contributed by atoms with Crippen molar-refractivity contribution in [3.63, 3.8) is 0 Å². The van der Waals surface area contributed by atoms with Crippen molar-refractivity contribution in [3.8, 4) is 0 Å². The molecule has 2 unspecified atom stereocenters. The Morgan fingerprint density at radius 3 is 2.48 bits per heavy atom.